The van der Waals surface area contributed by atoms with E-state index >= 15 is 0 Å². The molecule has 22 heavy (non-hydrogen) atoms. The third kappa shape index (κ3) is 1.79. The molecule has 122 valence electrons. The van der Waals surface area contributed by atoms with E-state index in [0.29, 0.717) is 17.8 Å². The van der Waals surface area contributed by atoms with E-state index in [1.165, 1.54) is 12.0 Å². The molecular weight excluding hydrogens is 274 g/mol. The molecule has 3 nitrogen and oxygen atoms in total. The van der Waals surface area contributed by atoms with Crippen LogP contribution in [-0.2, 0) is 0 Å². The molecule has 0 spiro atoms. The van der Waals surface area contributed by atoms with Gasteiger partial charge in [-0.3, -0.25) is 0 Å². The quantitative estimate of drug-likeness (QED) is 0.602. The summed E-state index contributed by atoms with van der Waals surface area (Å²) in [6.07, 6.45) is 11.0. The van der Waals surface area contributed by atoms with E-state index in [1.807, 2.05) is 6.08 Å². The Labute approximate surface area is 133 Å². The van der Waals surface area contributed by atoms with Crippen molar-refractivity contribution in [1.29, 1.82) is 0 Å². The summed E-state index contributed by atoms with van der Waals surface area (Å²) in [7, 11) is 0. The van der Waals surface area contributed by atoms with Crippen molar-refractivity contribution in [2.24, 2.45) is 34.3 Å². The molecule has 2 fully saturated rings. The van der Waals surface area contributed by atoms with Crippen molar-refractivity contribution in [3.8, 4) is 0 Å². The van der Waals surface area contributed by atoms with Gasteiger partial charge in [0.25, 0.3) is 0 Å². The van der Waals surface area contributed by atoms with Gasteiger partial charge in [0, 0.05) is 11.5 Å². The summed E-state index contributed by atoms with van der Waals surface area (Å²) >= 11 is 0. The predicted molar refractivity (Wildman–Crippen MR) is 87.0 cm³/mol. The maximum atomic E-state index is 10.3. The standard InChI is InChI=1S/C19H29NO2/c1-18-7-5-12(21)9-11(18)3-4-13-14(18)6-8-19(2)15(13)10-16(22)17(19)20/h3,5,7,12-17,21-22H,4,6,8-10,20H2,1-2H3/t12-,13+,14-,15-,16-,17-,18-,19-/m0/s1. The zero-order valence-corrected chi connectivity index (χ0v) is 13.7. The van der Waals surface area contributed by atoms with Crippen LogP contribution in [0.25, 0.3) is 0 Å². The van der Waals surface area contributed by atoms with Crippen LogP contribution in [-0.4, -0.2) is 28.5 Å². The van der Waals surface area contributed by atoms with Gasteiger partial charge in [0.05, 0.1) is 12.2 Å². The maximum Gasteiger partial charge on any atom is 0.0758 e. The molecule has 0 saturated heterocycles. The second kappa shape index (κ2) is 4.68. The van der Waals surface area contributed by atoms with E-state index < -0.39 is 0 Å². The molecule has 8 atom stereocenters. The zero-order chi connectivity index (χ0) is 15.7. The van der Waals surface area contributed by atoms with Gasteiger partial charge in [0.15, 0.2) is 0 Å². The van der Waals surface area contributed by atoms with E-state index in [4.69, 9.17) is 5.73 Å². The van der Waals surface area contributed by atoms with Crippen LogP contribution in [0.3, 0.4) is 0 Å². The molecular formula is C19H29NO2. The van der Waals surface area contributed by atoms with Crippen molar-refractivity contribution in [2.75, 3.05) is 0 Å². The number of hydrogen-bond donors (Lipinski definition) is 3. The van der Waals surface area contributed by atoms with Gasteiger partial charge in [-0.2, -0.15) is 0 Å². The van der Waals surface area contributed by atoms with Crippen molar-refractivity contribution in [3.05, 3.63) is 23.8 Å². The summed E-state index contributed by atoms with van der Waals surface area (Å²) < 4.78 is 0. The van der Waals surface area contributed by atoms with Gasteiger partial charge >= 0.3 is 0 Å². The van der Waals surface area contributed by atoms with Crippen molar-refractivity contribution in [3.63, 3.8) is 0 Å². The van der Waals surface area contributed by atoms with E-state index in [0.717, 1.165) is 25.7 Å². The molecule has 0 amide bonds. The van der Waals surface area contributed by atoms with E-state index in [-0.39, 0.29) is 29.1 Å². The minimum atomic E-state index is -0.337. The average Bonchev–Trinajstić information content (AvgIpc) is 2.72. The molecule has 0 bridgehead atoms. The Morgan fingerprint density at radius 3 is 2.77 bits per heavy atom. The summed E-state index contributed by atoms with van der Waals surface area (Å²) in [5, 5.41) is 20.3. The fourth-order valence-corrected chi connectivity index (χ4v) is 6.29. The number of aliphatic hydroxyl groups excluding tert-OH is 2. The van der Waals surface area contributed by atoms with Gasteiger partial charge in [-0.1, -0.05) is 37.6 Å². The maximum absolute atomic E-state index is 10.3. The van der Waals surface area contributed by atoms with Gasteiger partial charge in [0.2, 0.25) is 0 Å². The Hall–Kier alpha value is -0.640. The van der Waals surface area contributed by atoms with Crippen LogP contribution in [0.15, 0.2) is 23.8 Å². The second-order valence-corrected chi connectivity index (χ2v) is 8.63. The monoisotopic (exact) mass is 303 g/mol. The SMILES string of the molecule is C[C@]12CC[C@H]3[C@@H](CC=C4C[C@@H](O)C=C[C@@]43C)[C@@H]1C[C@H](O)[C@@H]2N. The molecule has 0 aromatic rings. The molecule has 4 aliphatic rings. The molecule has 3 heteroatoms. The molecule has 4 aliphatic carbocycles. The first-order valence-corrected chi connectivity index (χ1v) is 8.87. The highest BCUT2D eigenvalue weighted by Crippen LogP contribution is 2.63. The first-order valence-electron chi connectivity index (χ1n) is 8.87. The summed E-state index contributed by atoms with van der Waals surface area (Å²) in [6.45, 7) is 4.66. The van der Waals surface area contributed by atoms with Gasteiger partial charge in [-0.25, -0.2) is 0 Å². The van der Waals surface area contributed by atoms with Gasteiger partial charge in [-0.05, 0) is 55.3 Å². The van der Waals surface area contributed by atoms with Crippen LogP contribution in [0.5, 0.6) is 0 Å². The smallest absolute Gasteiger partial charge is 0.0758 e. The minimum Gasteiger partial charge on any atom is -0.391 e. The Balaban J connectivity index is 1.71. The lowest BCUT2D eigenvalue weighted by Gasteiger charge is -2.56. The van der Waals surface area contributed by atoms with Crippen LogP contribution in [0.1, 0.15) is 46.0 Å². The Morgan fingerprint density at radius 1 is 1.23 bits per heavy atom. The number of rotatable bonds is 0. The third-order valence-electron chi connectivity index (χ3n) is 7.74. The fourth-order valence-electron chi connectivity index (χ4n) is 6.29. The predicted octanol–water partition coefficient (Wildman–Crippen LogP) is 2.38. The van der Waals surface area contributed by atoms with Gasteiger partial charge in [-0.15, -0.1) is 0 Å². The molecule has 0 aromatic heterocycles. The lowest BCUT2D eigenvalue weighted by Crippen LogP contribution is -2.52. The van der Waals surface area contributed by atoms with Gasteiger partial charge in [0.1, 0.15) is 0 Å². The van der Waals surface area contributed by atoms with Crippen molar-refractivity contribution < 1.29 is 10.2 Å². The molecule has 0 radical (unpaired) electrons. The average molecular weight is 303 g/mol. The summed E-state index contributed by atoms with van der Waals surface area (Å²) in [4.78, 5) is 0. The highest BCUT2D eigenvalue weighted by Gasteiger charge is 2.59. The van der Waals surface area contributed by atoms with Crippen LogP contribution < -0.4 is 5.73 Å². The number of aliphatic hydroxyl groups is 2. The molecule has 0 aliphatic heterocycles. The summed E-state index contributed by atoms with van der Waals surface area (Å²) in [5.74, 6) is 1.79. The highest BCUT2D eigenvalue weighted by molar-refractivity contribution is 5.33. The number of fused-ring (bicyclic) bond motifs is 5. The van der Waals surface area contributed by atoms with Gasteiger partial charge < -0.3 is 15.9 Å². The molecule has 4 rings (SSSR count). The van der Waals surface area contributed by atoms with Crippen LogP contribution in [0, 0.1) is 28.6 Å². The van der Waals surface area contributed by atoms with Crippen LogP contribution in [0.4, 0.5) is 0 Å². The first kappa shape index (κ1) is 14.9. The largest absolute Gasteiger partial charge is 0.391 e. The number of allylic oxidation sites excluding steroid dienone is 2. The Kier molecular flexibility index (Phi) is 3.18. The van der Waals surface area contributed by atoms with E-state index in [1.54, 1.807) is 0 Å². The third-order valence-corrected chi connectivity index (χ3v) is 7.74. The first-order chi connectivity index (χ1) is 10.4. The molecule has 0 heterocycles. The van der Waals surface area contributed by atoms with E-state index in [9.17, 15) is 10.2 Å². The topological polar surface area (TPSA) is 66.5 Å². The fraction of sp³-hybridized carbons (Fsp3) is 0.789. The van der Waals surface area contributed by atoms with Crippen LogP contribution in [0.2, 0.25) is 0 Å². The summed E-state index contributed by atoms with van der Waals surface area (Å²) in [5.41, 5.74) is 7.98. The Bertz CT molecular complexity index is 542. The lowest BCUT2D eigenvalue weighted by molar-refractivity contribution is -0.0117. The Morgan fingerprint density at radius 2 is 2.00 bits per heavy atom. The molecule has 0 unspecified atom stereocenters. The summed E-state index contributed by atoms with van der Waals surface area (Å²) in [6, 6.07) is -0.0691. The normalized spacial score (nSPS) is 56.9. The number of nitrogens with two attached hydrogens (primary N) is 1. The molecule has 4 N–H and O–H groups in total. The van der Waals surface area contributed by atoms with Crippen molar-refractivity contribution in [2.45, 2.75) is 64.2 Å². The van der Waals surface area contributed by atoms with Crippen molar-refractivity contribution >= 4 is 0 Å². The van der Waals surface area contributed by atoms with E-state index in [2.05, 4.69) is 26.0 Å². The minimum absolute atomic E-state index is 0.0691. The molecule has 0 aromatic carbocycles. The highest BCUT2D eigenvalue weighted by atomic mass is 16.3. The van der Waals surface area contributed by atoms with Crippen LogP contribution >= 0.6 is 0 Å². The zero-order valence-electron chi connectivity index (χ0n) is 13.7. The molecule has 2 saturated carbocycles. The lowest BCUT2D eigenvalue weighted by atomic mass is 9.49. The number of hydrogen-bond acceptors (Lipinski definition) is 3. The van der Waals surface area contributed by atoms with Crippen molar-refractivity contribution in [1.82, 2.24) is 0 Å². The second-order valence-electron chi connectivity index (χ2n) is 8.63.